The fourth-order valence-electron chi connectivity index (χ4n) is 3.02. The molecule has 0 amide bonds. The molecule has 2 fully saturated rings. The lowest BCUT2D eigenvalue weighted by Crippen LogP contribution is -2.44. The molecule has 0 aliphatic carbocycles. The Morgan fingerprint density at radius 3 is 2.76 bits per heavy atom. The van der Waals surface area contributed by atoms with Gasteiger partial charge in [0.2, 0.25) is 0 Å². The molecule has 2 aliphatic heterocycles. The van der Waals surface area contributed by atoms with Crippen LogP contribution < -0.4 is 0 Å². The largest absolute Gasteiger partial charge is 0.481 e. The van der Waals surface area contributed by atoms with Crippen molar-refractivity contribution in [3.63, 3.8) is 0 Å². The minimum absolute atomic E-state index is 0.0145. The zero-order valence-corrected chi connectivity index (χ0v) is 10.5. The minimum atomic E-state index is -0.683. The zero-order chi connectivity index (χ0) is 12.3. The van der Waals surface area contributed by atoms with E-state index in [1.807, 2.05) is 0 Å². The smallest absolute Gasteiger partial charge is 0.306 e. The third kappa shape index (κ3) is 3.19. The van der Waals surface area contributed by atoms with Crippen molar-refractivity contribution in [1.82, 2.24) is 0 Å². The molecule has 17 heavy (non-hydrogen) atoms. The molecule has 4 nitrogen and oxygen atoms in total. The molecule has 2 unspecified atom stereocenters. The van der Waals surface area contributed by atoms with Crippen molar-refractivity contribution in [2.45, 2.75) is 44.6 Å². The van der Waals surface area contributed by atoms with Crippen LogP contribution in [0.1, 0.15) is 39.0 Å². The maximum Gasteiger partial charge on any atom is 0.306 e. The van der Waals surface area contributed by atoms with E-state index in [0.717, 1.165) is 51.9 Å². The van der Waals surface area contributed by atoms with Crippen molar-refractivity contribution in [3.8, 4) is 0 Å². The monoisotopic (exact) mass is 242 g/mol. The van der Waals surface area contributed by atoms with E-state index in [1.54, 1.807) is 6.92 Å². The van der Waals surface area contributed by atoms with Crippen LogP contribution in [-0.4, -0.2) is 36.5 Å². The Morgan fingerprint density at radius 2 is 2.12 bits per heavy atom. The lowest BCUT2D eigenvalue weighted by molar-refractivity contribution is -0.153. The predicted octanol–water partition coefficient (Wildman–Crippen LogP) is 2.07. The Labute approximate surface area is 102 Å². The molecule has 0 saturated carbocycles. The van der Waals surface area contributed by atoms with Gasteiger partial charge in [-0.15, -0.1) is 0 Å². The highest BCUT2D eigenvalue weighted by Crippen LogP contribution is 2.39. The molecular weight excluding hydrogens is 220 g/mol. The topological polar surface area (TPSA) is 55.8 Å². The molecule has 4 heteroatoms. The zero-order valence-electron chi connectivity index (χ0n) is 10.5. The summed E-state index contributed by atoms with van der Waals surface area (Å²) < 4.78 is 11.3. The van der Waals surface area contributed by atoms with Gasteiger partial charge < -0.3 is 14.6 Å². The Morgan fingerprint density at radius 1 is 1.41 bits per heavy atom. The summed E-state index contributed by atoms with van der Waals surface area (Å²) in [6, 6.07) is 0. The van der Waals surface area contributed by atoms with Crippen molar-refractivity contribution in [2.75, 3.05) is 19.8 Å². The van der Waals surface area contributed by atoms with E-state index in [4.69, 9.17) is 14.6 Å². The van der Waals surface area contributed by atoms with Gasteiger partial charge in [-0.2, -0.15) is 0 Å². The van der Waals surface area contributed by atoms with E-state index < -0.39 is 5.97 Å². The quantitative estimate of drug-likeness (QED) is 0.823. The van der Waals surface area contributed by atoms with Crippen LogP contribution in [0.25, 0.3) is 0 Å². The van der Waals surface area contributed by atoms with E-state index >= 15 is 0 Å². The highest BCUT2D eigenvalue weighted by Gasteiger charge is 2.39. The van der Waals surface area contributed by atoms with Gasteiger partial charge in [0.15, 0.2) is 0 Å². The molecule has 2 rings (SSSR count). The van der Waals surface area contributed by atoms with Crippen LogP contribution in [0.4, 0.5) is 0 Å². The predicted molar refractivity (Wildman–Crippen MR) is 62.9 cm³/mol. The maximum absolute atomic E-state index is 10.9. The van der Waals surface area contributed by atoms with Gasteiger partial charge in [-0.05, 0) is 38.0 Å². The molecule has 0 aromatic carbocycles. The van der Waals surface area contributed by atoms with Crippen LogP contribution in [0.3, 0.4) is 0 Å². The van der Waals surface area contributed by atoms with Gasteiger partial charge in [0.25, 0.3) is 0 Å². The molecular formula is C13H22O4. The molecule has 98 valence electrons. The summed E-state index contributed by atoms with van der Waals surface area (Å²) in [6.07, 6.45) is 4.71. The van der Waals surface area contributed by atoms with Gasteiger partial charge in [-0.3, -0.25) is 4.79 Å². The number of hydrogen-bond acceptors (Lipinski definition) is 3. The van der Waals surface area contributed by atoms with Gasteiger partial charge in [-0.25, -0.2) is 0 Å². The number of carboxylic acids is 1. The Balaban J connectivity index is 1.90. The van der Waals surface area contributed by atoms with E-state index in [9.17, 15) is 4.79 Å². The molecule has 2 saturated heterocycles. The van der Waals surface area contributed by atoms with Crippen LogP contribution in [-0.2, 0) is 14.3 Å². The summed E-state index contributed by atoms with van der Waals surface area (Å²) in [5.41, 5.74) is -0.0145. The number of rotatable bonds is 3. The van der Waals surface area contributed by atoms with Crippen LogP contribution in [0, 0.1) is 11.8 Å². The third-order valence-electron chi connectivity index (χ3n) is 4.11. The van der Waals surface area contributed by atoms with Gasteiger partial charge in [0.05, 0.1) is 11.5 Å². The molecule has 2 aliphatic rings. The Kier molecular flexibility index (Phi) is 4.05. The van der Waals surface area contributed by atoms with Crippen LogP contribution in [0.15, 0.2) is 0 Å². The van der Waals surface area contributed by atoms with Crippen molar-refractivity contribution in [2.24, 2.45) is 11.8 Å². The molecule has 0 aromatic heterocycles. The minimum Gasteiger partial charge on any atom is -0.481 e. The fraction of sp³-hybridized carbons (Fsp3) is 0.923. The second kappa shape index (κ2) is 5.36. The standard InChI is InChI=1S/C13H22O4/c1-10(12(14)15)8-11-2-5-17-13(9-11)3-6-16-7-4-13/h10-11H,2-9H2,1H3,(H,14,15). The van der Waals surface area contributed by atoms with Gasteiger partial charge >= 0.3 is 5.97 Å². The second-order valence-electron chi connectivity index (χ2n) is 5.48. The van der Waals surface area contributed by atoms with Gasteiger partial charge in [-0.1, -0.05) is 6.92 Å². The molecule has 0 radical (unpaired) electrons. The average molecular weight is 242 g/mol. The van der Waals surface area contributed by atoms with Gasteiger partial charge in [0, 0.05) is 19.8 Å². The lowest BCUT2D eigenvalue weighted by atomic mass is 9.77. The number of aliphatic carboxylic acids is 1. The molecule has 0 bridgehead atoms. The first-order chi connectivity index (χ1) is 8.11. The summed E-state index contributed by atoms with van der Waals surface area (Å²) in [7, 11) is 0. The fourth-order valence-corrected chi connectivity index (χ4v) is 3.02. The van der Waals surface area contributed by atoms with Crippen molar-refractivity contribution in [1.29, 1.82) is 0 Å². The summed E-state index contributed by atoms with van der Waals surface area (Å²) in [5, 5.41) is 8.96. The Bertz CT molecular complexity index is 265. The first-order valence-corrected chi connectivity index (χ1v) is 6.56. The lowest BCUT2D eigenvalue weighted by Gasteiger charge is -2.43. The van der Waals surface area contributed by atoms with Crippen molar-refractivity contribution < 1.29 is 19.4 Å². The number of hydrogen-bond donors (Lipinski definition) is 1. The molecule has 0 aromatic rings. The van der Waals surface area contributed by atoms with Crippen molar-refractivity contribution >= 4 is 5.97 Å². The third-order valence-corrected chi connectivity index (χ3v) is 4.11. The molecule has 2 heterocycles. The number of ether oxygens (including phenoxy) is 2. The number of carboxylic acid groups (broad SMARTS) is 1. The summed E-state index contributed by atoms with van der Waals surface area (Å²) in [6.45, 7) is 4.13. The summed E-state index contributed by atoms with van der Waals surface area (Å²) in [5.74, 6) is -0.430. The molecule has 1 spiro atoms. The maximum atomic E-state index is 10.9. The highest BCUT2D eigenvalue weighted by atomic mass is 16.5. The van der Waals surface area contributed by atoms with Crippen LogP contribution >= 0.6 is 0 Å². The second-order valence-corrected chi connectivity index (χ2v) is 5.48. The van der Waals surface area contributed by atoms with E-state index in [2.05, 4.69) is 0 Å². The normalized spacial score (nSPS) is 30.1. The SMILES string of the molecule is CC(CC1CCOC2(CCOCC2)C1)C(=O)O. The highest BCUT2D eigenvalue weighted by molar-refractivity contribution is 5.69. The van der Waals surface area contributed by atoms with E-state index in [1.165, 1.54) is 0 Å². The average Bonchev–Trinajstić information content (AvgIpc) is 2.30. The molecule has 2 atom stereocenters. The van der Waals surface area contributed by atoms with Crippen LogP contribution in [0.2, 0.25) is 0 Å². The Hall–Kier alpha value is -0.610. The first kappa shape index (κ1) is 12.8. The van der Waals surface area contributed by atoms with Crippen LogP contribution in [0.5, 0.6) is 0 Å². The summed E-state index contributed by atoms with van der Waals surface area (Å²) >= 11 is 0. The first-order valence-electron chi connectivity index (χ1n) is 6.56. The van der Waals surface area contributed by atoms with Crippen molar-refractivity contribution in [3.05, 3.63) is 0 Å². The summed E-state index contributed by atoms with van der Waals surface area (Å²) in [4.78, 5) is 10.9. The molecule has 1 N–H and O–H groups in total. The van der Waals surface area contributed by atoms with E-state index in [0.29, 0.717) is 5.92 Å². The number of carbonyl (C=O) groups is 1. The van der Waals surface area contributed by atoms with E-state index in [-0.39, 0.29) is 11.5 Å². The van der Waals surface area contributed by atoms with Gasteiger partial charge in [0.1, 0.15) is 0 Å².